The molecule has 0 amide bonds. The molecule has 0 bridgehead atoms. The van der Waals surface area contributed by atoms with Gasteiger partial charge in [0, 0.05) is 18.5 Å². The number of fused-ring (bicyclic) bond motifs is 1. The Morgan fingerprint density at radius 2 is 1.81 bits per heavy atom. The molecule has 1 saturated carbocycles. The quantitative estimate of drug-likeness (QED) is 0.276. The lowest BCUT2D eigenvalue weighted by Gasteiger charge is -2.32. The van der Waals surface area contributed by atoms with Gasteiger partial charge in [0.15, 0.2) is 5.58 Å². The number of halogens is 2. The standard InChI is InChI=1S/C29H39N3O3.2ClH/c1-31(2)19-26-28(34-20-22-7-8-22)12-10-25-27(30-35-29(25)26)11-9-21-13-15-32(16-14-21)18-23-5-4-6-24(17-23)33-3;;/h4-6,10,12,17,21-22H,7-9,11,13-16,18-20H2,1-3H3;2*1H. The molecule has 0 unspecified atom stereocenters. The first-order chi connectivity index (χ1) is 17.1. The van der Waals surface area contributed by atoms with Gasteiger partial charge < -0.3 is 18.9 Å². The highest BCUT2D eigenvalue weighted by molar-refractivity contribution is 5.86. The summed E-state index contributed by atoms with van der Waals surface area (Å²) in [7, 11) is 5.90. The highest BCUT2D eigenvalue weighted by atomic mass is 35.5. The molecule has 5 rings (SSSR count). The molecule has 1 aromatic heterocycles. The van der Waals surface area contributed by atoms with E-state index in [4.69, 9.17) is 14.0 Å². The summed E-state index contributed by atoms with van der Waals surface area (Å²) < 4.78 is 17.5. The lowest BCUT2D eigenvalue weighted by Crippen LogP contribution is -2.33. The first-order valence-corrected chi connectivity index (χ1v) is 13.1. The highest BCUT2D eigenvalue weighted by Crippen LogP contribution is 2.35. The Morgan fingerprint density at radius 1 is 1.03 bits per heavy atom. The van der Waals surface area contributed by atoms with Crippen LogP contribution in [-0.2, 0) is 19.5 Å². The van der Waals surface area contributed by atoms with Crippen molar-refractivity contribution in [3.8, 4) is 11.5 Å². The predicted molar refractivity (Wildman–Crippen MR) is 153 cm³/mol. The zero-order chi connectivity index (χ0) is 24.2. The van der Waals surface area contributed by atoms with E-state index in [1.165, 1.54) is 31.2 Å². The van der Waals surface area contributed by atoms with Crippen molar-refractivity contribution in [3.63, 3.8) is 0 Å². The van der Waals surface area contributed by atoms with Gasteiger partial charge in [-0.15, -0.1) is 24.8 Å². The summed E-state index contributed by atoms with van der Waals surface area (Å²) in [6.45, 7) is 4.89. The summed E-state index contributed by atoms with van der Waals surface area (Å²) in [5.41, 5.74) is 4.44. The third kappa shape index (κ3) is 7.76. The molecule has 1 saturated heterocycles. The van der Waals surface area contributed by atoms with Crippen LogP contribution in [0.15, 0.2) is 40.9 Å². The monoisotopic (exact) mass is 549 g/mol. The first kappa shape index (κ1) is 29.6. The number of aryl methyl sites for hydroxylation is 1. The van der Waals surface area contributed by atoms with E-state index in [1.807, 2.05) is 6.07 Å². The Hall–Kier alpha value is -1.99. The topological polar surface area (TPSA) is 51.0 Å². The average Bonchev–Trinajstić information content (AvgIpc) is 3.60. The molecule has 2 fully saturated rings. The molecule has 204 valence electrons. The predicted octanol–water partition coefficient (Wildman–Crippen LogP) is 6.38. The zero-order valence-electron chi connectivity index (χ0n) is 22.3. The number of methoxy groups -OCH3 is 1. The van der Waals surface area contributed by atoms with Crippen LogP contribution in [0.2, 0.25) is 0 Å². The number of piperidine rings is 1. The maximum atomic E-state index is 6.17. The van der Waals surface area contributed by atoms with Crippen molar-refractivity contribution >= 4 is 35.8 Å². The van der Waals surface area contributed by atoms with Gasteiger partial charge in [-0.3, -0.25) is 4.90 Å². The van der Waals surface area contributed by atoms with Crippen LogP contribution in [0.25, 0.3) is 11.0 Å². The Kier molecular flexibility index (Phi) is 10.9. The maximum absolute atomic E-state index is 6.17. The van der Waals surface area contributed by atoms with Crippen molar-refractivity contribution in [1.82, 2.24) is 15.0 Å². The number of hydrogen-bond acceptors (Lipinski definition) is 6. The lowest BCUT2D eigenvalue weighted by molar-refractivity contribution is 0.172. The molecule has 2 aromatic carbocycles. The van der Waals surface area contributed by atoms with E-state index in [2.05, 4.69) is 59.4 Å². The van der Waals surface area contributed by atoms with E-state index in [9.17, 15) is 0 Å². The number of hydrogen-bond donors (Lipinski definition) is 0. The summed E-state index contributed by atoms with van der Waals surface area (Å²) in [5.74, 6) is 3.35. The minimum Gasteiger partial charge on any atom is -0.497 e. The second-order valence-corrected chi connectivity index (χ2v) is 10.7. The fourth-order valence-electron chi connectivity index (χ4n) is 5.17. The van der Waals surface area contributed by atoms with Gasteiger partial charge in [-0.1, -0.05) is 17.3 Å². The number of rotatable bonds is 11. The molecule has 2 heterocycles. The third-order valence-corrected chi connectivity index (χ3v) is 7.46. The molecule has 37 heavy (non-hydrogen) atoms. The Morgan fingerprint density at radius 3 is 2.51 bits per heavy atom. The molecular weight excluding hydrogens is 509 g/mol. The van der Waals surface area contributed by atoms with Gasteiger partial charge in [-0.2, -0.15) is 0 Å². The molecule has 1 aliphatic carbocycles. The number of nitrogens with zero attached hydrogens (tertiary/aromatic N) is 3. The number of ether oxygens (including phenoxy) is 2. The number of benzene rings is 2. The summed E-state index contributed by atoms with van der Waals surface area (Å²) in [6.07, 6.45) is 7.19. The first-order valence-electron chi connectivity index (χ1n) is 13.1. The molecule has 2 aliphatic rings. The summed E-state index contributed by atoms with van der Waals surface area (Å²) in [6, 6.07) is 12.7. The van der Waals surface area contributed by atoms with Crippen molar-refractivity contribution in [3.05, 3.63) is 53.2 Å². The van der Waals surface area contributed by atoms with E-state index in [0.717, 1.165) is 91.2 Å². The largest absolute Gasteiger partial charge is 0.497 e. The van der Waals surface area contributed by atoms with E-state index in [1.54, 1.807) is 7.11 Å². The van der Waals surface area contributed by atoms with E-state index in [-0.39, 0.29) is 24.8 Å². The van der Waals surface area contributed by atoms with Crippen LogP contribution < -0.4 is 9.47 Å². The lowest BCUT2D eigenvalue weighted by atomic mass is 9.91. The van der Waals surface area contributed by atoms with Gasteiger partial charge >= 0.3 is 0 Å². The second kappa shape index (κ2) is 13.7. The molecule has 1 aliphatic heterocycles. The zero-order valence-corrected chi connectivity index (χ0v) is 23.9. The van der Waals surface area contributed by atoms with Gasteiger partial charge in [0.05, 0.1) is 25.0 Å². The third-order valence-electron chi connectivity index (χ3n) is 7.46. The van der Waals surface area contributed by atoms with E-state index in [0.29, 0.717) is 0 Å². The van der Waals surface area contributed by atoms with Crippen molar-refractivity contribution in [2.24, 2.45) is 11.8 Å². The summed E-state index contributed by atoms with van der Waals surface area (Å²) in [4.78, 5) is 4.73. The molecule has 8 heteroatoms. The van der Waals surface area contributed by atoms with Gasteiger partial charge in [0.1, 0.15) is 11.5 Å². The van der Waals surface area contributed by atoms with Crippen LogP contribution in [0.4, 0.5) is 0 Å². The Labute approximate surface area is 233 Å². The maximum Gasteiger partial charge on any atom is 0.175 e. The SMILES string of the molecule is COc1cccc(CN2CCC(CCc3noc4c(CN(C)C)c(OCC5CC5)ccc34)CC2)c1.Cl.Cl. The minimum atomic E-state index is 0. The number of aromatic nitrogens is 1. The van der Waals surface area contributed by atoms with Crippen LogP contribution in [-0.4, -0.2) is 55.9 Å². The van der Waals surface area contributed by atoms with Crippen LogP contribution in [0, 0.1) is 11.8 Å². The molecule has 0 atom stereocenters. The minimum absolute atomic E-state index is 0. The van der Waals surface area contributed by atoms with Gasteiger partial charge in [-0.05, 0) is 107 Å². The molecular formula is C29H41Cl2N3O3. The van der Waals surface area contributed by atoms with Crippen molar-refractivity contribution in [2.75, 3.05) is 40.9 Å². The van der Waals surface area contributed by atoms with Gasteiger partial charge in [0.2, 0.25) is 0 Å². The molecule has 3 aromatic rings. The smallest absolute Gasteiger partial charge is 0.175 e. The van der Waals surface area contributed by atoms with Gasteiger partial charge in [0.25, 0.3) is 0 Å². The highest BCUT2D eigenvalue weighted by Gasteiger charge is 2.24. The fourth-order valence-corrected chi connectivity index (χ4v) is 5.17. The fraction of sp³-hybridized carbons (Fsp3) is 0.552. The van der Waals surface area contributed by atoms with E-state index < -0.39 is 0 Å². The van der Waals surface area contributed by atoms with Crippen LogP contribution in [0.5, 0.6) is 11.5 Å². The van der Waals surface area contributed by atoms with E-state index >= 15 is 0 Å². The van der Waals surface area contributed by atoms with Crippen LogP contribution in [0.1, 0.15) is 48.9 Å². The average molecular weight is 551 g/mol. The number of likely N-dealkylation sites (tertiary alicyclic amines) is 1. The van der Waals surface area contributed by atoms with Crippen LogP contribution in [0.3, 0.4) is 0 Å². The molecule has 6 nitrogen and oxygen atoms in total. The summed E-state index contributed by atoms with van der Waals surface area (Å²) >= 11 is 0. The molecule has 0 radical (unpaired) electrons. The molecule has 0 N–H and O–H groups in total. The second-order valence-electron chi connectivity index (χ2n) is 10.7. The Balaban J connectivity index is 0.00000190. The normalized spacial score (nSPS) is 16.4. The Bertz CT molecular complexity index is 1120. The molecule has 0 spiro atoms. The van der Waals surface area contributed by atoms with Crippen molar-refractivity contribution < 1.29 is 14.0 Å². The van der Waals surface area contributed by atoms with Crippen molar-refractivity contribution in [2.45, 2.75) is 51.6 Å². The van der Waals surface area contributed by atoms with Gasteiger partial charge in [-0.25, -0.2) is 0 Å². The summed E-state index contributed by atoms with van der Waals surface area (Å²) in [5, 5.41) is 5.66. The van der Waals surface area contributed by atoms with Crippen molar-refractivity contribution in [1.29, 1.82) is 0 Å². The van der Waals surface area contributed by atoms with Crippen LogP contribution >= 0.6 is 24.8 Å².